The number of thiazole rings is 1. The van der Waals surface area contributed by atoms with Gasteiger partial charge in [0.1, 0.15) is 0 Å². The van der Waals surface area contributed by atoms with Gasteiger partial charge in [-0.05, 0) is 19.9 Å². The minimum atomic E-state index is 0.469. The fourth-order valence-electron chi connectivity index (χ4n) is 0.920. The second-order valence-corrected chi connectivity index (χ2v) is 3.68. The molecule has 3 heteroatoms. The monoisotopic (exact) mass is 178 g/mol. The summed E-state index contributed by atoms with van der Waals surface area (Å²) in [6, 6.07) is 2.06. The van der Waals surface area contributed by atoms with Gasteiger partial charge in [0.15, 0.2) is 0 Å². The van der Waals surface area contributed by atoms with Crippen molar-refractivity contribution < 1.29 is 0 Å². The smallest absolute Gasteiger partial charge is 0.0903 e. The summed E-state index contributed by atoms with van der Waals surface area (Å²) in [5, 5.41) is 9.38. The molecule has 0 fully saturated rings. The van der Waals surface area contributed by atoms with Crippen LogP contribution in [0.25, 0.3) is 6.08 Å². The predicted molar refractivity (Wildman–Crippen MR) is 50.9 cm³/mol. The summed E-state index contributed by atoms with van der Waals surface area (Å²) in [5.41, 5.74) is 1.05. The van der Waals surface area contributed by atoms with Crippen LogP contribution >= 0.6 is 11.3 Å². The molecule has 0 unspecified atom stereocenters. The lowest BCUT2D eigenvalue weighted by Crippen LogP contribution is -1.72. The Balaban J connectivity index is 2.76. The summed E-state index contributed by atoms with van der Waals surface area (Å²) < 4.78 is 0. The summed E-state index contributed by atoms with van der Waals surface area (Å²) in [7, 11) is 0. The highest BCUT2D eigenvalue weighted by Gasteiger charge is 1.99. The molecule has 0 aliphatic carbocycles. The Kier molecular flexibility index (Phi) is 3.01. The van der Waals surface area contributed by atoms with E-state index in [0.29, 0.717) is 6.42 Å². The van der Waals surface area contributed by atoms with Gasteiger partial charge >= 0.3 is 0 Å². The van der Waals surface area contributed by atoms with Crippen LogP contribution in [-0.4, -0.2) is 4.98 Å². The van der Waals surface area contributed by atoms with E-state index in [1.807, 2.05) is 26.0 Å². The number of aryl methyl sites for hydroxylation is 2. The second-order valence-electron chi connectivity index (χ2n) is 2.45. The summed E-state index contributed by atoms with van der Waals surface area (Å²) in [5.74, 6) is 0. The maximum absolute atomic E-state index is 8.31. The van der Waals surface area contributed by atoms with E-state index in [1.165, 1.54) is 0 Å². The van der Waals surface area contributed by atoms with Crippen LogP contribution in [0.3, 0.4) is 0 Å². The van der Waals surface area contributed by atoms with Crippen molar-refractivity contribution in [1.29, 1.82) is 5.26 Å². The lowest BCUT2D eigenvalue weighted by atomic mass is 10.3. The van der Waals surface area contributed by atoms with Gasteiger partial charge in [-0.2, -0.15) is 5.26 Å². The molecule has 0 saturated carbocycles. The molecule has 0 aromatic carbocycles. The fraction of sp³-hybridized carbons (Fsp3) is 0.333. The minimum Gasteiger partial charge on any atom is -0.246 e. The van der Waals surface area contributed by atoms with E-state index in [4.69, 9.17) is 5.26 Å². The van der Waals surface area contributed by atoms with Gasteiger partial charge in [0.2, 0.25) is 0 Å². The topological polar surface area (TPSA) is 36.7 Å². The molecule has 0 saturated heterocycles. The SMILES string of the molecule is Cc1nc(C)c(C=CCC#N)s1. The largest absolute Gasteiger partial charge is 0.246 e. The summed E-state index contributed by atoms with van der Waals surface area (Å²) >= 11 is 1.66. The molecular weight excluding hydrogens is 168 g/mol. The van der Waals surface area contributed by atoms with Crippen LogP contribution < -0.4 is 0 Å². The first kappa shape index (κ1) is 8.95. The Hall–Kier alpha value is -1.14. The van der Waals surface area contributed by atoms with E-state index in [0.717, 1.165) is 15.6 Å². The Morgan fingerprint density at radius 1 is 1.58 bits per heavy atom. The van der Waals surface area contributed by atoms with Gasteiger partial charge < -0.3 is 0 Å². The average Bonchev–Trinajstić information content (AvgIpc) is 2.31. The Labute approximate surface area is 76.2 Å². The molecule has 0 spiro atoms. The third-order valence-corrected chi connectivity index (χ3v) is 2.46. The van der Waals surface area contributed by atoms with Crippen LogP contribution in [0, 0.1) is 25.2 Å². The summed E-state index contributed by atoms with van der Waals surface area (Å²) in [6.45, 7) is 3.97. The molecule has 0 aliphatic rings. The first-order valence-corrected chi connectivity index (χ1v) is 4.53. The predicted octanol–water partition coefficient (Wildman–Crippen LogP) is 2.69. The van der Waals surface area contributed by atoms with Gasteiger partial charge in [-0.15, -0.1) is 11.3 Å². The van der Waals surface area contributed by atoms with Crippen molar-refractivity contribution in [2.24, 2.45) is 0 Å². The number of hydrogen-bond acceptors (Lipinski definition) is 3. The Morgan fingerprint density at radius 2 is 2.33 bits per heavy atom. The van der Waals surface area contributed by atoms with Gasteiger partial charge in [-0.25, -0.2) is 4.98 Å². The molecule has 1 aromatic rings. The van der Waals surface area contributed by atoms with Gasteiger partial charge in [0.05, 0.1) is 23.2 Å². The molecule has 1 rings (SSSR count). The van der Waals surface area contributed by atoms with Crippen LogP contribution in [0.4, 0.5) is 0 Å². The van der Waals surface area contributed by atoms with E-state index in [9.17, 15) is 0 Å². The third-order valence-electron chi connectivity index (χ3n) is 1.42. The summed E-state index contributed by atoms with van der Waals surface area (Å²) in [6.07, 6.45) is 4.29. The van der Waals surface area contributed by atoms with E-state index in [-0.39, 0.29) is 0 Å². The van der Waals surface area contributed by atoms with Gasteiger partial charge in [0, 0.05) is 4.88 Å². The maximum atomic E-state index is 8.31. The van der Waals surface area contributed by atoms with E-state index < -0.39 is 0 Å². The number of nitriles is 1. The highest BCUT2D eigenvalue weighted by molar-refractivity contribution is 7.12. The average molecular weight is 178 g/mol. The maximum Gasteiger partial charge on any atom is 0.0903 e. The number of nitrogens with zero attached hydrogens (tertiary/aromatic N) is 2. The standard InChI is InChI=1S/C9H10N2S/c1-7-9(5-3-4-6-10)12-8(2)11-7/h3,5H,4H2,1-2H3. The molecule has 1 aromatic heterocycles. The van der Waals surface area contributed by atoms with Gasteiger partial charge in [-0.1, -0.05) is 6.08 Å². The van der Waals surface area contributed by atoms with Crippen molar-refractivity contribution in [3.63, 3.8) is 0 Å². The zero-order valence-corrected chi connectivity index (χ0v) is 7.98. The molecule has 0 amide bonds. The van der Waals surface area contributed by atoms with Crippen LogP contribution in [0.1, 0.15) is 22.0 Å². The molecule has 0 aliphatic heterocycles. The van der Waals surface area contributed by atoms with Crippen LogP contribution in [-0.2, 0) is 0 Å². The first-order valence-electron chi connectivity index (χ1n) is 3.71. The molecular formula is C9H10N2S. The van der Waals surface area contributed by atoms with Crippen LogP contribution in [0.15, 0.2) is 6.08 Å². The Morgan fingerprint density at radius 3 is 2.83 bits per heavy atom. The number of hydrogen-bond donors (Lipinski definition) is 0. The van der Waals surface area contributed by atoms with Crippen molar-refractivity contribution in [2.75, 3.05) is 0 Å². The van der Waals surface area contributed by atoms with Gasteiger partial charge in [0.25, 0.3) is 0 Å². The van der Waals surface area contributed by atoms with Crippen molar-refractivity contribution in [2.45, 2.75) is 20.3 Å². The molecule has 12 heavy (non-hydrogen) atoms. The van der Waals surface area contributed by atoms with Crippen molar-refractivity contribution in [3.05, 3.63) is 21.7 Å². The van der Waals surface area contributed by atoms with E-state index in [1.54, 1.807) is 11.3 Å². The molecule has 62 valence electrons. The number of aromatic nitrogens is 1. The molecule has 1 heterocycles. The van der Waals surface area contributed by atoms with Crippen molar-refractivity contribution >= 4 is 17.4 Å². The van der Waals surface area contributed by atoms with Gasteiger partial charge in [-0.3, -0.25) is 0 Å². The fourth-order valence-corrected chi connectivity index (χ4v) is 1.78. The zero-order chi connectivity index (χ0) is 8.97. The number of allylic oxidation sites excluding steroid dienone is 1. The second kappa shape index (κ2) is 4.03. The van der Waals surface area contributed by atoms with E-state index in [2.05, 4.69) is 11.1 Å². The van der Waals surface area contributed by atoms with E-state index >= 15 is 0 Å². The zero-order valence-electron chi connectivity index (χ0n) is 7.16. The summed E-state index contributed by atoms with van der Waals surface area (Å²) in [4.78, 5) is 5.43. The Bertz CT molecular complexity index is 331. The minimum absolute atomic E-state index is 0.469. The third kappa shape index (κ3) is 2.18. The molecule has 0 bridgehead atoms. The molecule has 2 nitrogen and oxygen atoms in total. The van der Waals surface area contributed by atoms with Crippen molar-refractivity contribution in [3.8, 4) is 6.07 Å². The van der Waals surface area contributed by atoms with Crippen molar-refractivity contribution in [1.82, 2.24) is 4.98 Å². The first-order chi connectivity index (χ1) is 5.74. The van der Waals surface area contributed by atoms with Crippen LogP contribution in [0.5, 0.6) is 0 Å². The normalized spacial score (nSPS) is 10.4. The molecule has 0 atom stereocenters. The highest BCUT2D eigenvalue weighted by Crippen LogP contribution is 2.18. The number of rotatable bonds is 2. The molecule has 0 radical (unpaired) electrons. The lowest BCUT2D eigenvalue weighted by molar-refractivity contribution is 1.20. The quantitative estimate of drug-likeness (QED) is 0.698. The lowest BCUT2D eigenvalue weighted by Gasteiger charge is -1.84. The van der Waals surface area contributed by atoms with Crippen LogP contribution in [0.2, 0.25) is 0 Å². The highest BCUT2D eigenvalue weighted by atomic mass is 32.1. The molecule has 0 N–H and O–H groups in total.